The lowest BCUT2D eigenvalue weighted by atomic mass is 10.0. The zero-order valence-corrected chi connectivity index (χ0v) is 13.6. The summed E-state index contributed by atoms with van der Waals surface area (Å²) in [5, 5.41) is 2.17. The molecule has 0 fully saturated rings. The van der Waals surface area contributed by atoms with Crippen LogP contribution in [0.4, 0.5) is 0 Å². The molecule has 0 radical (unpaired) electrons. The van der Waals surface area contributed by atoms with Gasteiger partial charge >= 0.3 is 5.97 Å². The monoisotopic (exact) mass is 329 g/mol. The molecule has 0 saturated carbocycles. The molecule has 0 bridgehead atoms. The van der Waals surface area contributed by atoms with Gasteiger partial charge in [-0.25, -0.2) is 9.79 Å². The fourth-order valence-corrected chi connectivity index (χ4v) is 2.87. The topological polar surface area (TPSA) is 47.9 Å². The number of carbonyl (C=O) groups is 1. The Morgan fingerprint density at radius 1 is 0.960 bits per heavy atom. The molecule has 0 spiro atoms. The number of ether oxygens (including phenoxy) is 2. The summed E-state index contributed by atoms with van der Waals surface area (Å²) < 4.78 is 10.7. The third-order valence-electron chi connectivity index (χ3n) is 4.07. The van der Waals surface area contributed by atoms with Gasteiger partial charge in [0.2, 0.25) is 5.90 Å². The van der Waals surface area contributed by atoms with Crippen LogP contribution in [0.2, 0.25) is 0 Å². The lowest BCUT2D eigenvalue weighted by Gasteiger charge is -2.05. The van der Waals surface area contributed by atoms with Crippen LogP contribution >= 0.6 is 0 Å². The number of hydrogen-bond acceptors (Lipinski definition) is 4. The van der Waals surface area contributed by atoms with E-state index in [1.807, 2.05) is 60.7 Å². The van der Waals surface area contributed by atoms with Gasteiger partial charge in [-0.1, -0.05) is 54.6 Å². The zero-order chi connectivity index (χ0) is 17.2. The summed E-state index contributed by atoms with van der Waals surface area (Å²) in [5.41, 5.74) is 1.85. The predicted octanol–water partition coefficient (Wildman–Crippen LogP) is 4.19. The van der Waals surface area contributed by atoms with Crippen LogP contribution < -0.4 is 4.74 Å². The first-order valence-electron chi connectivity index (χ1n) is 7.90. The second-order valence-electron chi connectivity index (χ2n) is 5.60. The highest BCUT2D eigenvalue weighted by atomic mass is 16.6. The van der Waals surface area contributed by atoms with Crippen molar-refractivity contribution < 1.29 is 14.3 Å². The fourth-order valence-electron chi connectivity index (χ4n) is 2.87. The van der Waals surface area contributed by atoms with E-state index in [2.05, 4.69) is 4.99 Å². The lowest BCUT2D eigenvalue weighted by Crippen LogP contribution is -2.06. The highest BCUT2D eigenvalue weighted by molar-refractivity contribution is 6.14. The number of cyclic esters (lactones) is 1. The summed E-state index contributed by atoms with van der Waals surface area (Å²) in [7, 11) is 1.57. The van der Waals surface area contributed by atoms with Gasteiger partial charge in [0.05, 0.1) is 12.7 Å². The molecule has 0 aromatic heterocycles. The standard InChI is InChI=1S/C21H15NO3/c1-24-19-12-5-4-11-17(19)20-22-18(21(23)25-20)13-15-9-6-8-14-7-2-3-10-16(14)15/h2-13H,1H3/b18-13+. The van der Waals surface area contributed by atoms with Gasteiger partial charge in [-0.15, -0.1) is 0 Å². The van der Waals surface area contributed by atoms with Gasteiger partial charge < -0.3 is 9.47 Å². The Hall–Kier alpha value is -3.40. The Kier molecular flexibility index (Phi) is 3.78. The molecule has 0 saturated heterocycles. The van der Waals surface area contributed by atoms with E-state index in [1.54, 1.807) is 19.3 Å². The first-order chi connectivity index (χ1) is 12.3. The number of benzene rings is 3. The Balaban J connectivity index is 1.79. The number of rotatable bonds is 3. The lowest BCUT2D eigenvalue weighted by molar-refractivity contribution is -0.129. The van der Waals surface area contributed by atoms with E-state index in [0.29, 0.717) is 11.3 Å². The molecule has 0 N–H and O–H groups in total. The Morgan fingerprint density at radius 3 is 2.60 bits per heavy atom. The first kappa shape index (κ1) is 15.1. The molecule has 4 rings (SSSR count). The second-order valence-corrected chi connectivity index (χ2v) is 5.60. The van der Waals surface area contributed by atoms with Crippen LogP contribution in [0.1, 0.15) is 11.1 Å². The first-order valence-corrected chi connectivity index (χ1v) is 7.90. The van der Waals surface area contributed by atoms with Crippen molar-refractivity contribution in [3.05, 3.63) is 83.6 Å². The summed E-state index contributed by atoms with van der Waals surface area (Å²) in [6, 6.07) is 21.3. The van der Waals surface area contributed by atoms with Crippen molar-refractivity contribution in [2.45, 2.75) is 0 Å². The smallest absolute Gasteiger partial charge is 0.363 e. The second kappa shape index (κ2) is 6.24. The molecule has 1 aliphatic rings. The van der Waals surface area contributed by atoms with Gasteiger partial charge in [0.15, 0.2) is 5.70 Å². The number of nitrogens with zero attached hydrogens (tertiary/aromatic N) is 1. The van der Waals surface area contributed by atoms with Crippen LogP contribution in [0.15, 0.2) is 77.4 Å². The van der Waals surface area contributed by atoms with E-state index in [9.17, 15) is 4.79 Å². The number of fused-ring (bicyclic) bond motifs is 1. The molecule has 1 aliphatic heterocycles. The molecule has 122 valence electrons. The third-order valence-corrected chi connectivity index (χ3v) is 4.07. The molecule has 0 amide bonds. The average Bonchev–Trinajstić information content (AvgIpc) is 3.02. The van der Waals surface area contributed by atoms with Crippen molar-refractivity contribution in [1.29, 1.82) is 0 Å². The molecule has 3 aromatic carbocycles. The van der Waals surface area contributed by atoms with Gasteiger partial charge in [0, 0.05) is 0 Å². The maximum atomic E-state index is 12.3. The molecule has 25 heavy (non-hydrogen) atoms. The molecular weight excluding hydrogens is 314 g/mol. The van der Waals surface area contributed by atoms with Crippen molar-refractivity contribution in [3.63, 3.8) is 0 Å². The largest absolute Gasteiger partial charge is 0.496 e. The Morgan fingerprint density at radius 2 is 1.72 bits per heavy atom. The predicted molar refractivity (Wildman–Crippen MR) is 97.5 cm³/mol. The minimum atomic E-state index is -0.464. The number of aliphatic imine (C=N–C) groups is 1. The minimum Gasteiger partial charge on any atom is -0.496 e. The normalized spacial score (nSPS) is 15.3. The molecule has 0 atom stereocenters. The Bertz CT molecular complexity index is 1030. The van der Waals surface area contributed by atoms with Crippen LogP contribution in [0, 0.1) is 0 Å². The van der Waals surface area contributed by atoms with Gasteiger partial charge in [-0.05, 0) is 34.5 Å². The van der Waals surface area contributed by atoms with Crippen LogP contribution in [-0.2, 0) is 9.53 Å². The Labute approximate surface area is 145 Å². The summed E-state index contributed by atoms with van der Waals surface area (Å²) in [6.45, 7) is 0. The third kappa shape index (κ3) is 2.78. The average molecular weight is 329 g/mol. The maximum absolute atomic E-state index is 12.3. The summed E-state index contributed by atoms with van der Waals surface area (Å²) >= 11 is 0. The molecule has 0 aliphatic carbocycles. The van der Waals surface area contributed by atoms with Crippen LogP contribution in [0.5, 0.6) is 5.75 Å². The van der Waals surface area contributed by atoms with Crippen molar-refractivity contribution in [2.24, 2.45) is 4.99 Å². The maximum Gasteiger partial charge on any atom is 0.363 e. The summed E-state index contributed by atoms with van der Waals surface area (Å²) in [5.74, 6) is 0.406. The van der Waals surface area contributed by atoms with E-state index in [1.165, 1.54) is 0 Å². The van der Waals surface area contributed by atoms with Crippen LogP contribution in [0.3, 0.4) is 0 Å². The highest BCUT2D eigenvalue weighted by Gasteiger charge is 2.26. The molecule has 4 nitrogen and oxygen atoms in total. The van der Waals surface area contributed by atoms with E-state index in [0.717, 1.165) is 16.3 Å². The van der Waals surface area contributed by atoms with E-state index in [4.69, 9.17) is 9.47 Å². The van der Waals surface area contributed by atoms with E-state index >= 15 is 0 Å². The zero-order valence-electron chi connectivity index (χ0n) is 13.6. The van der Waals surface area contributed by atoms with Gasteiger partial charge in [0.1, 0.15) is 5.75 Å². The fraction of sp³-hybridized carbons (Fsp3) is 0.0476. The molecule has 3 aromatic rings. The van der Waals surface area contributed by atoms with E-state index < -0.39 is 5.97 Å². The molecular formula is C21H15NO3. The number of para-hydroxylation sites is 1. The summed E-state index contributed by atoms with van der Waals surface area (Å²) in [4.78, 5) is 16.6. The van der Waals surface area contributed by atoms with Crippen molar-refractivity contribution in [2.75, 3.05) is 7.11 Å². The molecule has 4 heteroatoms. The number of hydrogen-bond donors (Lipinski definition) is 0. The van der Waals surface area contributed by atoms with Crippen molar-refractivity contribution in [3.8, 4) is 5.75 Å². The quantitative estimate of drug-likeness (QED) is 0.535. The minimum absolute atomic E-state index is 0.258. The van der Waals surface area contributed by atoms with Crippen LogP contribution in [-0.4, -0.2) is 19.0 Å². The summed E-state index contributed by atoms with van der Waals surface area (Å²) in [6.07, 6.45) is 1.76. The van der Waals surface area contributed by atoms with Crippen LogP contribution in [0.25, 0.3) is 16.8 Å². The molecule has 0 unspecified atom stereocenters. The molecule has 1 heterocycles. The number of methoxy groups -OCH3 is 1. The number of carbonyl (C=O) groups excluding carboxylic acids is 1. The number of esters is 1. The van der Waals surface area contributed by atoms with Gasteiger partial charge in [0.25, 0.3) is 0 Å². The van der Waals surface area contributed by atoms with Gasteiger partial charge in [-0.3, -0.25) is 0 Å². The van der Waals surface area contributed by atoms with Crippen molar-refractivity contribution >= 4 is 28.7 Å². The SMILES string of the molecule is COc1ccccc1C1=N/C(=C/c2cccc3ccccc23)C(=O)O1. The van der Waals surface area contributed by atoms with Gasteiger partial charge in [-0.2, -0.15) is 0 Å². The highest BCUT2D eigenvalue weighted by Crippen LogP contribution is 2.26. The van der Waals surface area contributed by atoms with Crippen molar-refractivity contribution in [1.82, 2.24) is 0 Å². The van der Waals surface area contributed by atoms with E-state index in [-0.39, 0.29) is 11.6 Å².